The van der Waals surface area contributed by atoms with Crippen molar-refractivity contribution in [3.63, 3.8) is 0 Å². The van der Waals surface area contributed by atoms with Crippen molar-refractivity contribution < 1.29 is 22.8 Å². The first-order chi connectivity index (χ1) is 6.81. The number of halogens is 3. The molecule has 3 amide bonds. The van der Waals surface area contributed by atoms with Crippen LogP contribution in [0.4, 0.5) is 18.0 Å². The highest BCUT2D eigenvalue weighted by molar-refractivity contribution is 5.74. The lowest BCUT2D eigenvalue weighted by Crippen LogP contribution is -2.41. The Bertz CT molecular complexity index is 230. The summed E-state index contributed by atoms with van der Waals surface area (Å²) >= 11 is 0. The van der Waals surface area contributed by atoms with E-state index >= 15 is 0 Å². The Morgan fingerprint density at radius 1 is 1.20 bits per heavy atom. The van der Waals surface area contributed by atoms with Crippen molar-refractivity contribution in [1.29, 1.82) is 0 Å². The molecule has 0 saturated carbocycles. The van der Waals surface area contributed by atoms with Crippen molar-refractivity contribution in [3.8, 4) is 0 Å². The number of nitrogens with one attached hydrogen (secondary N) is 2. The topological polar surface area (TPSA) is 84.2 Å². The molecule has 0 fully saturated rings. The molecule has 0 aliphatic heterocycles. The van der Waals surface area contributed by atoms with E-state index in [0.29, 0.717) is 6.42 Å². The monoisotopic (exact) mass is 227 g/mol. The zero-order chi connectivity index (χ0) is 11.9. The first-order valence-corrected chi connectivity index (χ1v) is 4.18. The zero-order valence-corrected chi connectivity index (χ0v) is 7.86. The molecule has 0 aliphatic carbocycles. The molecule has 88 valence electrons. The minimum Gasteiger partial charge on any atom is -0.370 e. The lowest BCUT2D eigenvalue weighted by molar-refractivity contribution is -0.122. The van der Waals surface area contributed by atoms with E-state index in [-0.39, 0.29) is 13.0 Å². The number of amides is 3. The fraction of sp³-hybridized carbons (Fsp3) is 0.714. The van der Waals surface area contributed by atoms with Gasteiger partial charge in [-0.3, -0.25) is 4.79 Å². The number of rotatable bonds is 5. The van der Waals surface area contributed by atoms with Gasteiger partial charge in [0.05, 0.1) is 0 Å². The summed E-state index contributed by atoms with van der Waals surface area (Å²) in [6, 6.07) is -0.920. The first kappa shape index (κ1) is 13.5. The zero-order valence-electron chi connectivity index (χ0n) is 7.86. The summed E-state index contributed by atoms with van der Waals surface area (Å²) < 4.78 is 34.8. The summed E-state index contributed by atoms with van der Waals surface area (Å²) in [6.07, 6.45) is -4.04. The quantitative estimate of drug-likeness (QED) is 0.582. The average Bonchev–Trinajstić information content (AvgIpc) is 2.07. The van der Waals surface area contributed by atoms with Gasteiger partial charge in [-0.1, -0.05) is 0 Å². The molecule has 0 aliphatic rings. The predicted octanol–water partition coefficient (Wildman–Crippen LogP) is 0.113. The molecule has 0 heterocycles. The lowest BCUT2D eigenvalue weighted by Gasteiger charge is -2.09. The van der Waals surface area contributed by atoms with Gasteiger partial charge in [0.25, 0.3) is 0 Å². The molecule has 0 atom stereocenters. The largest absolute Gasteiger partial charge is 0.405 e. The first-order valence-electron chi connectivity index (χ1n) is 4.18. The molecule has 0 radical (unpaired) electrons. The van der Waals surface area contributed by atoms with Gasteiger partial charge in [-0.05, 0) is 6.42 Å². The highest BCUT2D eigenvalue weighted by Crippen LogP contribution is 2.11. The van der Waals surface area contributed by atoms with Crippen molar-refractivity contribution in [2.45, 2.75) is 19.0 Å². The standard InChI is InChI=1S/C7H12F3N3O2/c8-7(9,10)4-13-6(15)12-3-1-2-5(11)14/h1-4H2,(H2,11,14)(H2,12,13,15). The SMILES string of the molecule is NC(=O)CCCNC(=O)NCC(F)(F)F. The number of urea groups is 1. The van der Waals surface area contributed by atoms with Crippen LogP contribution in [0.25, 0.3) is 0 Å². The van der Waals surface area contributed by atoms with E-state index in [4.69, 9.17) is 5.73 Å². The minimum absolute atomic E-state index is 0.0829. The van der Waals surface area contributed by atoms with Crippen LogP contribution in [0, 0.1) is 0 Å². The maximum Gasteiger partial charge on any atom is 0.405 e. The molecule has 8 heteroatoms. The second kappa shape index (κ2) is 6.10. The molecule has 0 saturated heterocycles. The second-order valence-corrected chi connectivity index (χ2v) is 2.79. The van der Waals surface area contributed by atoms with E-state index in [9.17, 15) is 22.8 Å². The summed E-state index contributed by atoms with van der Waals surface area (Å²) in [5.41, 5.74) is 4.81. The summed E-state index contributed by atoms with van der Waals surface area (Å²) in [4.78, 5) is 20.9. The molecule has 0 aromatic carbocycles. The number of carbonyl (C=O) groups is 2. The summed E-state index contributed by atoms with van der Waals surface area (Å²) in [5.74, 6) is -0.521. The van der Waals surface area contributed by atoms with Gasteiger partial charge in [0.1, 0.15) is 6.54 Å². The summed E-state index contributed by atoms with van der Waals surface area (Å²) in [7, 11) is 0. The predicted molar refractivity (Wildman–Crippen MR) is 45.9 cm³/mol. The molecular formula is C7H12F3N3O2. The third kappa shape index (κ3) is 10.5. The Labute approximate surface area is 84.2 Å². The summed E-state index contributed by atoms with van der Waals surface area (Å²) in [6.45, 7) is -1.28. The van der Waals surface area contributed by atoms with Crippen LogP contribution < -0.4 is 16.4 Å². The lowest BCUT2D eigenvalue weighted by atomic mass is 10.3. The Morgan fingerprint density at radius 3 is 2.27 bits per heavy atom. The molecule has 0 rings (SSSR count). The van der Waals surface area contributed by atoms with Crippen LogP contribution in [0.5, 0.6) is 0 Å². The van der Waals surface area contributed by atoms with Crippen LogP contribution in [0.2, 0.25) is 0 Å². The summed E-state index contributed by atoms with van der Waals surface area (Å²) in [5, 5.41) is 3.77. The molecule has 15 heavy (non-hydrogen) atoms. The number of alkyl halides is 3. The second-order valence-electron chi connectivity index (χ2n) is 2.79. The smallest absolute Gasteiger partial charge is 0.370 e. The number of primary amides is 1. The molecule has 0 aromatic rings. The van der Waals surface area contributed by atoms with E-state index in [0.717, 1.165) is 0 Å². The average molecular weight is 227 g/mol. The van der Waals surface area contributed by atoms with Crippen molar-refractivity contribution in [2.24, 2.45) is 5.73 Å². The van der Waals surface area contributed by atoms with Crippen LogP contribution >= 0.6 is 0 Å². The normalized spacial score (nSPS) is 10.9. The fourth-order valence-electron chi connectivity index (χ4n) is 0.708. The molecule has 4 N–H and O–H groups in total. The van der Waals surface area contributed by atoms with Gasteiger partial charge in [-0.25, -0.2) is 4.79 Å². The third-order valence-corrected chi connectivity index (χ3v) is 1.33. The van der Waals surface area contributed by atoms with Crippen molar-refractivity contribution >= 4 is 11.9 Å². The van der Waals surface area contributed by atoms with Gasteiger partial charge >= 0.3 is 12.2 Å². The maximum atomic E-state index is 11.6. The van der Waals surface area contributed by atoms with Crippen LogP contribution in [-0.2, 0) is 4.79 Å². The van der Waals surface area contributed by atoms with Gasteiger partial charge in [-0.15, -0.1) is 0 Å². The number of carbonyl (C=O) groups excluding carboxylic acids is 2. The Kier molecular flexibility index (Phi) is 5.50. The van der Waals surface area contributed by atoms with E-state index in [2.05, 4.69) is 5.32 Å². The molecular weight excluding hydrogens is 215 g/mol. The Morgan fingerprint density at radius 2 is 1.80 bits per heavy atom. The number of hydrogen-bond acceptors (Lipinski definition) is 2. The van der Waals surface area contributed by atoms with Crippen LogP contribution in [-0.4, -0.2) is 31.2 Å². The highest BCUT2D eigenvalue weighted by Gasteiger charge is 2.27. The van der Waals surface area contributed by atoms with Crippen molar-refractivity contribution in [1.82, 2.24) is 10.6 Å². The van der Waals surface area contributed by atoms with Gasteiger partial charge in [0, 0.05) is 13.0 Å². The van der Waals surface area contributed by atoms with Crippen LogP contribution in [0.3, 0.4) is 0 Å². The van der Waals surface area contributed by atoms with Gasteiger partial charge in [0.15, 0.2) is 0 Å². The van der Waals surface area contributed by atoms with E-state index < -0.39 is 24.7 Å². The van der Waals surface area contributed by atoms with Gasteiger partial charge in [-0.2, -0.15) is 13.2 Å². The molecule has 0 aromatic heterocycles. The highest BCUT2D eigenvalue weighted by atomic mass is 19.4. The van der Waals surface area contributed by atoms with Crippen LogP contribution in [0.15, 0.2) is 0 Å². The van der Waals surface area contributed by atoms with E-state index in [1.54, 1.807) is 5.32 Å². The molecule has 0 bridgehead atoms. The van der Waals surface area contributed by atoms with Gasteiger partial charge in [0.2, 0.25) is 5.91 Å². The minimum atomic E-state index is -4.43. The van der Waals surface area contributed by atoms with Crippen LogP contribution in [0.1, 0.15) is 12.8 Å². The Hall–Kier alpha value is -1.47. The number of hydrogen-bond donors (Lipinski definition) is 3. The van der Waals surface area contributed by atoms with Crippen molar-refractivity contribution in [2.75, 3.05) is 13.1 Å². The fourth-order valence-corrected chi connectivity index (χ4v) is 0.708. The maximum absolute atomic E-state index is 11.6. The molecule has 5 nitrogen and oxygen atoms in total. The number of nitrogens with two attached hydrogens (primary N) is 1. The van der Waals surface area contributed by atoms with E-state index in [1.807, 2.05) is 0 Å². The van der Waals surface area contributed by atoms with E-state index in [1.165, 1.54) is 0 Å². The Balaban J connectivity index is 3.46. The molecule has 0 spiro atoms. The molecule has 0 unspecified atom stereocenters. The van der Waals surface area contributed by atoms with Gasteiger partial charge < -0.3 is 16.4 Å². The third-order valence-electron chi connectivity index (χ3n) is 1.33. The van der Waals surface area contributed by atoms with Crippen molar-refractivity contribution in [3.05, 3.63) is 0 Å².